The van der Waals surface area contributed by atoms with Crippen molar-refractivity contribution in [2.75, 3.05) is 0 Å². The molecule has 62 valence electrons. The van der Waals surface area contributed by atoms with Crippen molar-refractivity contribution in [2.24, 2.45) is 0 Å². The van der Waals surface area contributed by atoms with Gasteiger partial charge in [0.25, 0.3) is 0 Å². The van der Waals surface area contributed by atoms with E-state index in [2.05, 4.69) is 0 Å². The van der Waals surface area contributed by atoms with E-state index in [0.29, 0.717) is 0 Å². The van der Waals surface area contributed by atoms with E-state index in [1.807, 2.05) is 0 Å². The predicted molar refractivity (Wildman–Crippen MR) is 35.0 cm³/mol. The monoisotopic (exact) mass is 154 g/mol. The Morgan fingerprint density at radius 3 is 1.60 bits per heavy atom. The summed E-state index contributed by atoms with van der Waals surface area (Å²) in [4.78, 5) is 0. The van der Waals surface area contributed by atoms with Crippen molar-refractivity contribution in [3.05, 3.63) is 0 Å². The molecule has 0 saturated heterocycles. The summed E-state index contributed by atoms with van der Waals surface area (Å²) in [6.07, 6.45) is -0.549. The van der Waals surface area contributed by atoms with Crippen molar-refractivity contribution in [3.8, 4) is 0 Å². The topological polar surface area (TPSA) is 0 Å². The molecule has 0 aromatic carbocycles. The zero-order valence-corrected chi connectivity index (χ0v) is 6.55. The van der Waals surface area contributed by atoms with Crippen LogP contribution in [0.4, 0.5) is 13.2 Å². The number of hydrogen-bond acceptors (Lipinski definition) is 0. The highest BCUT2D eigenvalue weighted by Crippen LogP contribution is 2.30. The standard InChI is InChI=1S/C7H13F3/c1-4-6(2,8)5-7(3,9)10/h4-5H2,1-3H3. The molecule has 0 nitrogen and oxygen atoms in total. The van der Waals surface area contributed by atoms with E-state index in [-0.39, 0.29) is 6.42 Å². The molecule has 0 aliphatic carbocycles. The first-order valence-electron chi connectivity index (χ1n) is 3.33. The molecule has 0 radical (unpaired) electrons. The van der Waals surface area contributed by atoms with Gasteiger partial charge in [-0.2, -0.15) is 0 Å². The van der Waals surface area contributed by atoms with Crippen molar-refractivity contribution in [2.45, 2.75) is 45.2 Å². The first-order chi connectivity index (χ1) is 4.27. The Balaban J connectivity index is 3.89. The van der Waals surface area contributed by atoms with Gasteiger partial charge in [-0.05, 0) is 20.3 Å². The van der Waals surface area contributed by atoms with E-state index >= 15 is 0 Å². The van der Waals surface area contributed by atoms with E-state index in [0.717, 1.165) is 6.92 Å². The maximum atomic E-state index is 12.8. The zero-order chi connectivity index (χ0) is 8.41. The molecule has 0 fully saturated rings. The lowest BCUT2D eigenvalue weighted by molar-refractivity contribution is -0.0369. The Labute approximate surface area is 59.4 Å². The molecule has 0 bridgehead atoms. The third-order valence-corrected chi connectivity index (χ3v) is 1.42. The quantitative estimate of drug-likeness (QED) is 0.585. The van der Waals surface area contributed by atoms with Gasteiger partial charge < -0.3 is 0 Å². The van der Waals surface area contributed by atoms with Gasteiger partial charge in [0.2, 0.25) is 5.92 Å². The molecule has 3 heteroatoms. The first kappa shape index (κ1) is 9.79. The Morgan fingerprint density at radius 2 is 1.50 bits per heavy atom. The highest BCUT2D eigenvalue weighted by Gasteiger charge is 2.33. The van der Waals surface area contributed by atoms with Gasteiger partial charge in [-0.15, -0.1) is 0 Å². The van der Waals surface area contributed by atoms with Crippen LogP contribution in [0.15, 0.2) is 0 Å². The highest BCUT2D eigenvalue weighted by molar-refractivity contribution is 4.77. The molecule has 1 atom stereocenters. The second-order valence-corrected chi connectivity index (χ2v) is 3.01. The molecule has 0 aliphatic heterocycles. The molecule has 0 saturated carbocycles. The van der Waals surface area contributed by atoms with Gasteiger partial charge in [-0.1, -0.05) is 6.92 Å². The van der Waals surface area contributed by atoms with E-state index < -0.39 is 18.0 Å². The van der Waals surface area contributed by atoms with Crippen molar-refractivity contribution >= 4 is 0 Å². The lowest BCUT2D eigenvalue weighted by atomic mass is 9.98. The van der Waals surface area contributed by atoms with Crippen LogP contribution in [0.3, 0.4) is 0 Å². The van der Waals surface area contributed by atoms with Gasteiger partial charge >= 0.3 is 0 Å². The molecule has 0 aromatic rings. The minimum atomic E-state index is -2.89. The van der Waals surface area contributed by atoms with Crippen molar-refractivity contribution < 1.29 is 13.2 Å². The summed E-state index contributed by atoms with van der Waals surface area (Å²) >= 11 is 0. The summed E-state index contributed by atoms with van der Waals surface area (Å²) in [6, 6.07) is 0. The fourth-order valence-electron chi connectivity index (χ4n) is 0.772. The summed E-state index contributed by atoms with van der Waals surface area (Å²) in [5, 5.41) is 0. The van der Waals surface area contributed by atoms with Crippen molar-refractivity contribution in [1.29, 1.82) is 0 Å². The van der Waals surface area contributed by atoms with Crippen LogP contribution in [0.2, 0.25) is 0 Å². The minimum absolute atomic E-state index is 0.135. The van der Waals surface area contributed by atoms with Gasteiger partial charge in [0.1, 0.15) is 5.67 Å². The molecule has 0 heterocycles. The van der Waals surface area contributed by atoms with Crippen molar-refractivity contribution in [3.63, 3.8) is 0 Å². The lowest BCUT2D eigenvalue weighted by Crippen LogP contribution is -2.26. The van der Waals surface area contributed by atoms with Gasteiger partial charge in [0.15, 0.2) is 0 Å². The normalized spacial score (nSPS) is 18.6. The molecule has 0 spiro atoms. The summed E-state index contributed by atoms with van der Waals surface area (Å²) in [7, 11) is 0. The number of rotatable bonds is 3. The second-order valence-electron chi connectivity index (χ2n) is 3.01. The van der Waals surface area contributed by atoms with Crippen LogP contribution in [-0.4, -0.2) is 11.6 Å². The summed E-state index contributed by atoms with van der Waals surface area (Å²) in [5.74, 6) is -2.89. The Bertz CT molecular complexity index is 102. The largest absolute Gasteiger partial charge is 0.248 e. The maximum absolute atomic E-state index is 12.8. The predicted octanol–water partition coefficient (Wildman–Crippen LogP) is 3.17. The molecule has 0 aromatic heterocycles. The smallest absolute Gasteiger partial charge is 0.244 e. The molecule has 0 rings (SSSR count). The van der Waals surface area contributed by atoms with Crippen LogP contribution < -0.4 is 0 Å². The van der Waals surface area contributed by atoms with Crippen molar-refractivity contribution in [1.82, 2.24) is 0 Å². The molecule has 1 unspecified atom stereocenters. The highest BCUT2D eigenvalue weighted by atomic mass is 19.3. The van der Waals surface area contributed by atoms with Crippen LogP contribution in [-0.2, 0) is 0 Å². The van der Waals surface area contributed by atoms with E-state index in [9.17, 15) is 13.2 Å². The Hall–Kier alpha value is -0.210. The molecule has 0 amide bonds. The lowest BCUT2D eigenvalue weighted by Gasteiger charge is -2.21. The zero-order valence-electron chi connectivity index (χ0n) is 6.55. The fourth-order valence-corrected chi connectivity index (χ4v) is 0.772. The number of halogens is 3. The Morgan fingerprint density at radius 1 is 1.10 bits per heavy atom. The van der Waals surface area contributed by atoms with Gasteiger partial charge in [-0.3, -0.25) is 0 Å². The summed E-state index contributed by atoms with van der Waals surface area (Å²) in [5.41, 5.74) is -1.72. The molecular weight excluding hydrogens is 141 g/mol. The summed E-state index contributed by atoms with van der Waals surface area (Å²) < 4.78 is 37.2. The first-order valence-corrected chi connectivity index (χ1v) is 3.33. The average Bonchev–Trinajstić information content (AvgIpc) is 1.60. The van der Waals surface area contributed by atoms with Gasteiger partial charge in [0.05, 0.1) is 0 Å². The molecule has 0 N–H and O–H groups in total. The third kappa shape index (κ3) is 4.65. The molecule has 10 heavy (non-hydrogen) atoms. The minimum Gasteiger partial charge on any atom is -0.244 e. The molecule has 0 aliphatic rings. The second kappa shape index (κ2) is 2.81. The van der Waals surface area contributed by atoms with Gasteiger partial charge in [-0.25, -0.2) is 13.2 Å². The van der Waals surface area contributed by atoms with Crippen LogP contribution in [0.5, 0.6) is 0 Å². The molecular formula is C7H13F3. The van der Waals surface area contributed by atoms with E-state index in [4.69, 9.17) is 0 Å². The van der Waals surface area contributed by atoms with E-state index in [1.165, 1.54) is 6.92 Å². The number of alkyl halides is 3. The van der Waals surface area contributed by atoms with Crippen LogP contribution in [0.1, 0.15) is 33.6 Å². The third-order valence-electron chi connectivity index (χ3n) is 1.42. The maximum Gasteiger partial charge on any atom is 0.248 e. The summed E-state index contributed by atoms with van der Waals surface area (Å²) in [6.45, 7) is 3.50. The SMILES string of the molecule is CCC(C)(F)CC(C)(F)F. The van der Waals surface area contributed by atoms with Crippen LogP contribution in [0.25, 0.3) is 0 Å². The van der Waals surface area contributed by atoms with Crippen LogP contribution >= 0.6 is 0 Å². The van der Waals surface area contributed by atoms with Crippen LogP contribution in [0, 0.1) is 0 Å². The van der Waals surface area contributed by atoms with Gasteiger partial charge in [0, 0.05) is 6.42 Å². The Kier molecular flexibility index (Phi) is 2.75. The fraction of sp³-hybridized carbons (Fsp3) is 1.00. The number of hydrogen-bond donors (Lipinski definition) is 0. The van der Waals surface area contributed by atoms with E-state index in [1.54, 1.807) is 6.92 Å². The average molecular weight is 154 g/mol.